The van der Waals surface area contributed by atoms with Gasteiger partial charge in [-0.1, -0.05) is 31.2 Å². The summed E-state index contributed by atoms with van der Waals surface area (Å²) in [5, 5.41) is 0. The summed E-state index contributed by atoms with van der Waals surface area (Å²) in [7, 11) is 1.80. The van der Waals surface area contributed by atoms with Crippen molar-refractivity contribution in [1.82, 2.24) is 4.90 Å². The molecule has 1 aromatic carbocycles. The van der Waals surface area contributed by atoms with Crippen LogP contribution in [0.4, 0.5) is 0 Å². The molecule has 3 rings (SSSR count). The first-order valence-electron chi connectivity index (χ1n) is 7.78. The van der Waals surface area contributed by atoms with Crippen LogP contribution in [-0.2, 0) is 4.74 Å². The second-order valence-corrected chi connectivity index (χ2v) is 6.46. The molecule has 2 N–H and O–H groups in total. The number of likely N-dealkylation sites (tertiary alicyclic amines) is 1. The zero-order valence-electron chi connectivity index (χ0n) is 12.6. The quantitative estimate of drug-likeness (QED) is 0.920. The largest absolute Gasteiger partial charge is 0.384 e. The summed E-state index contributed by atoms with van der Waals surface area (Å²) in [6.45, 7) is 5.52. The van der Waals surface area contributed by atoms with Crippen LogP contribution in [0.25, 0.3) is 0 Å². The van der Waals surface area contributed by atoms with Crippen molar-refractivity contribution >= 4 is 0 Å². The maximum Gasteiger partial charge on any atom is 0.0503 e. The van der Waals surface area contributed by atoms with E-state index in [4.69, 9.17) is 10.5 Å². The number of nitrogens with zero attached hydrogens (tertiary/aromatic N) is 1. The summed E-state index contributed by atoms with van der Waals surface area (Å²) in [6, 6.07) is 9.35. The van der Waals surface area contributed by atoms with Crippen LogP contribution in [-0.4, -0.2) is 37.7 Å². The molecular formula is C17H26N2O. The molecule has 2 aliphatic rings. The molecule has 1 aliphatic carbocycles. The van der Waals surface area contributed by atoms with Crippen molar-refractivity contribution in [2.75, 3.05) is 26.8 Å². The van der Waals surface area contributed by atoms with E-state index in [-0.39, 0.29) is 6.04 Å². The number of rotatable bonds is 3. The van der Waals surface area contributed by atoms with Gasteiger partial charge in [0.15, 0.2) is 0 Å². The molecule has 0 aromatic heterocycles. The molecule has 0 saturated carbocycles. The van der Waals surface area contributed by atoms with Gasteiger partial charge in [0, 0.05) is 25.7 Å². The van der Waals surface area contributed by atoms with Gasteiger partial charge in [0.25, 0.3) is 0 Å². The van der Waals surface area contributed by atoms with E-state index >= 15 is 0 Å². The summed E-state index contributed by atoms with van der Waals surface area (Å²) in [6.07, 6.45) is 2.42. The van der Waals surface area contributed by atoms with Crippen molar-refractivity contribution in [3.63, 3.8) is 0 Å². The number of fused-ring (bicyclic) bond motifs is 1. The van der Waals surface area contributed by atoms with Crippen LogP contribution < -0.4 is 5.73 Å². The number of ether oxygens (including phenoxy) is 1. The second kappa shape index (κ2) is 5.84. The molecule has 0 radical (unpaired) electrons. The van der Waals surface area contributed by atoms with E-state index in [9.17, 15) is 0 Å². The van der Waals surface area contributed by atoms with Crippen molar-refractivity contribution in [2.45, 2.75) is 37.8 Å². The second-order valence-electron chi connectivity index (χ2n) is 6.46. The number of hydrogen-bond acceptors (Lipinski definition) is 3. The summed E-state index contributed by atoms with van der Waals surface area (Å²) in [4.78, 5) is 2.60. The number of benzene rings is 1. The minimum atomic E-state index is 0.156. The Bertz CT molecular complexity index is 462. The third-order valence-electron chi connectivity index (χ3n) is 5.08. The van der Waals surface area contributed by atoms with E-state index in [2.05, 4.69) is 36.1 Å². The number of nitrogens with two attached hydrogens (primary N) is 1. The summed E-state index contributed by atoms with van der Waals surface area (Å²) < 4.78 is 5.31. The predicted octanol–water partition coefficient (Wildman–Crippen LogP) is 2.53. The number of hydrogen-bond donors (Lipinski definition) is 1. The fraction of sp³-hybridized carbons (Fsp3) is 0.647. The highest BCUT2D eigenvalue weighted by atomic mass is 16.5. The Labute approximate surface area is 122 Å². The molecule has 1 heterocycles. The molecular weight excluding hydrogens is 248 g/mol. The van der Waals surface area contributed by atoms with Crippen LogP contribution >= 0.6 is 0 Å². The van der Waals surface area contributed by atoms with E-state index < -0.39 is 0 Å². The predicted molar refractivity (Wildman–Crippen MR) is 81.7 cm³/mol. The fourth-order valence-corrected chi connectivity index (χ4v) is 4.02. The lowest BCUT2D eigenvalue weighted by Crippen LogP contribution is -2.45. The van der Waals surface area contributed by atoms with Gasteiger partial charge in [-0.2, -0.15) is 0 Å². The molecule has 20 heavy (non-hydrogen) atoms. The van der Waals surface area contributed by atoms with Crippen LogP contribution in [0.2, 0.25) is 0 Å². The van der Waals surface area contributed by atoms with Gasteiger partial charge in [-0.15, -0.1) is 0 Å². The first kappa shape index (κ1) is 14.1. The Morgan fingerprint density at radius 3 is 2.80 bits per heavy atom. The highest BCUT2D eigenvalue weighted by Crippen LogP contribution is 2.39. The molecule has 0 spiro atoms. The van der Waals surface area contributed by atoms with Gasteiger partial charge in [0.05, 0.1) is 6.61 Å². The van der Waals surface area contributed by atoms with Crippen LogP contribution in [0.3, 0.4) is 0 Å². The first-order chi connectivity index (χ1) is 9.70. The third kappa shape index (κ3) is 2.50. The SMILES string of the molecule is COCC1CCN(C2CC(C)c3ccccc3C2N)C1. The average molecular weight is 274 g/mol. The normalized spacial score (nSPS) is 34.1. The summed E-state index contributed by atoms with van der Waals surface area (Å²) in [5.74, 6) is 1.29. The molecule has 110 valence electrons. The fourth-order valence-electron chi connectivity index (χ4n) is 4.02. The van der Waals surface area contributed by atoms with Gasteiger partial charge in [-0.05, 0) is 42.3 Å². The Kier molecular flexibility index (Phi) is 4.11. The van der Waals surface area contributed by atoms with Crippen molar-refractivity contribution in [3.05, 3.63) is 35.4 Å². The maximum absolute atomic E-state index is 6.58. The Balaban J connectivity index is 1.76. The van der Waals surface area contributed by atoms with E-state index in [0.717, 1.165) is 13.2 Å². The molecule has 1 saturated heterocycles. The van der Waals surface area contributed by atoms with Crippen molar-refractivity contribution < 1.29 is 4.74 Å². The smallest absolute Gasteiger partial charge is 0.0503 e. The minimum absolute atomic E-state index is 0.156. The lowest BCUT2D eigenvalue weighted by molar-refractivity contribution is 0.135. The molecule has 4 unspecified atom stereocenters. The summed E-state index contributed by atoms with van der Waals surface area (Å²) in [5.41, 5.74) is 9.38. The van der Waals surface area contributed by atoms with Crippen LogP contribution in [0, 0.1) is 5.92 Å². The summed E-state index contributed by atoms with van der Waals surface area (Å²) >= 11 is 0. The highest BCUT2D eigenvalue weighted by molar-refractivity contribution is 5.36. The monoisotopic (exact) mass is 274 g/mol. The van der Waals surface area contributed by atoms with E-state index in [0.29, 0.717) is 17.9 Å². The van der Waals surface area contributed by atoms with E-state index in [1.54, 1.807) is 7.11 Å². The van der Waals surface area contributed by atoms with Crippen molar-refractivity contribution in [2.24, 2.45) is 11.7 Å². The van der Waals surface area contributed by atoms with Crippen molar-refractivity contribution in [1.29, 1.82) is 0 Å². The topological polar surface area (TPSA) is 38.5 Å². The Morgan fingerprint density at radius 2 is 2.05 bits per heavy atom. The van der Waals surface area contributed by atoms with E-state index in [1.807, 2.05) is 0 Å². The molecule has 1 aromatic rings. The average Bonchev–Trinajstić information content (AvgIpc) is 2.92. The number of methoxy groups -OCH3 is 1. The molecule has 3 nitrogen and oxygen atoms in total. The van der Waals surface area contributed by atoms with Crippen LogP contribution in [0.1, 0.15) is 42.9 Å². The molecule has 4 atom stereocenters. The highest BCUT2D eigenvalue weighted by Gasteiger charge is 2.37. The van der Waals surface area contributed by atoms with Gasteiger partial charge < -0.3 is 10.5 Å². The first-order valence-corrected chi connectivity index (χ1v) is 7.78. The van der Waals surface area contributed by atoms with Gasteiger partial charge >= 0.3 is 0 Å². The molecule has 0 bridgehead atoms. The van der Waals surface area contributed by atoms with Gasteiger partial charge in [-0.25, -0.2) is 0 Å². The zero-order chi connectivity index (χ0) is 14.1. The minimum Gasteiger partial charge on any atom is -0.384 e. The van der Waals surface area contributed by atoms with Crippen molar-refractivity contribution in [3.8, 4) is 0 Å². The molecule has 1 fully saturated rings. The van der Waals surface area contributed by atoms with E-state index in [1.165, 1.54) is 30.5 Å². The molecule has 0 amide bonds. The van der Waals surface area contributed by atoms with Gasteiger partial charge in [0.1, 0.15) is 0 Å². The van der Waals surface area contributed by atoms with Gasteiger partial charge in [-0.3, -0.25) is 4.90 Å². The molecule has 3 heteroatoms. The van der Waals surface area contributed by atoms with Crippen LogP contribution in [0.15, 0.2) is 24.3 Å². The maximum atomic E-state index is 6.58. The Morgan fingerprint density at radius 1 is 1.30 bits per heavy atom. The lowest BCUT2D eigenvalue weighted by atomic mass is 9.78. The Hall–Kier alpha value is -0.900. The third-order valence-corrected chi connectivity index (χ3v) is 5.08. The zero-order valence-corrected chi connectivity index (χ0v) is 12.6. The van der Waals surface area contributed by atoms with Gasteiger partial charge in [0.2, 0.25) is 0 Å². The molecule has 1 aliphatic heterocycles. The van der Waals surface area contributed by atoms with Crippen LogP contribution in [0.5, 0.6) is 0 Å². The lowest BCUT2D eigenvalue weighted by Gasteiger charge is -2.40. The standard InChI is InChI=1S/C17H26N2O/c1-12-9-16(19-8-7-13(10-19)11-20-2)17(18)15-6-4-3-5-14(12)15/h3-6,12-13,16-17H,7-11,18H2,1-2H3.